The molecule has 0 aliphatic carbocycles. The van der Waals surface area contributed by atoms with Crippen LogP contribution in [0, 0.1) is 11.6 Å². The Kier molecular flexibility index (Phi) is 6.47. The van der Waals surface area contributed by atoms with Crippen LogP contribution < -0.4 is 10.9 Å². The number of hydrogen-bond donors (Lipinski definition) is 2. The number of carbonyl (C=O) groups is 3. The van der Waals surface area contributed by atoms with E-state index in [0.29, 0.717) is 43.3 Å². The van der Waals surface area contributed by atoms with E-state index in [2.05, 4.69) is 15.8 Å². The number of para-hydroxylation sites is 1. The van der Waals surface area contributed by atoms with Gasteiger partial charge in [-0.25, -0.2) is 13.8 Å². The number of likely N-dealkylation sites (tertiary alicyclic amines) is 1. The maximum atomic E-state index is 13.7. The quantitative estimate of drug-likeness (QED) is 0.399. The highest BCUT2D eigenvalue weighted by atomic mass is 32.1. The van der Waals surface area contributed by atoms with Crippen LogP contribution in [0.15, 0.2) is 58.3 Å². The van der Waals surface area contributed by atoms with E-state index >= 15 is 0 Å². The Bertz CT molecular complexity index is 1430. The van der Waals surface area contributed by atoms with Gasteiger partial charge < -0.3 is 9.32 Å². The van der Waals surface area contributed by atoms with Crippen molar-refractivity contribution in [3.8, 4) is 0 Å². The van der Waals surface area contributed by atoms with Crippen molar-refractivity contribution >= 4 is 40.0 Å². The Morgan fingerprint density at radius 2 is 1.75 bits per heavy atom. The summed E-state index contributed by atoms with van der Waals surface area (Å²) in [5.74, 6) is -3.19. The van der Waals surface area contributed by atoms with Crippen molar-refractivity contribution in [2.24, 2.45) is 0 Å². The first-order chi connectivity index (χ1) is 17.4. The van der Waals surface area contributed by atoms with Gasteiger partial charge in [-0.2, -0.15) is 0 Å². The third-order valence-corrected chi connectivity index (χ3v) is 6.99. The average molecular weight is 511 g/mol. The van der Waals surface area contributed by atoms with E-state index in [0.717, 1.165) is 22.5 Å². The second-order valence-electron chi connectivity index (χ2n) is 8.32. The van der Waals surface area contributed by atoms with Crippen molar-refractivity contribution in [3.05, 3.63) is 87.6 Å². The number of fused-ring (bicyclic) bond motifs is 1. The van der Waals surface area contributed by atoms with Gasteiger partial charge in [0.2, 0.25) is 0 Å². The number of rotatable bonds is 4. The molecule has 36 heavy (non-hydrogen) atoms. The third kappa shape index (κ3) is 4.82. The van der Waals surface area contributed by atoms with E-state index in [1.807, 2.05) is 24.3 Å². The molecule has 2 aromatic heterocycles. The molecule has 2 aromatic carbocycles. The Hall–Kier alpha value is -4.12. The van der Waals surface area contributed by atoms with E-state index in [1.165, 1.54) is 11.3 Å². The van der Waals surface area contributed by atoms with Gasteiger partial charge in [-0.3, -0.25) is 25.2 Å². The highest BCUT2D eigenvalue weighted by molar-refractivity contribution is 7.09. The molecule has 4 aromatic rings. The lowest BCUT2D eigenvalue weighted by Gasteiger charge is -2.30. The summed E-state index contributed by atoms with van der Waals surface area (Å²) in [5, 5.41) is 3.21. The van der Waals surface area contributed by atoms with Crippen LogP contribution >= 0.6 is 11.3 Å². The van der Waals surface area contributed by atoms with Crippen LogP contribution in [-0.2, 0) is 0 Å². The molecule has 8 nitrogen and oxygen atoms in total. The zero-order valence-corrected chi connectivity index (χ0v) is 19.6. The van der Waals surface area contributed by atoms with E-state index in [9.17, 15) is 23.2 Å². The van der Waals surface area contributed by atoms with Crippen LogP contribution in [0.1, 0.15) is 55.2 Å². The second kappa shape index (κ2) is 9.86. The van der Waals surface area contributed by atoms with Gasteiger partial charge in [-0.05, 0) is 37.1 Å². The molecule has 1 saturated heterocycles. The molecule has 184 valence electrons. The number of benzene rings is 2. The molecule has 2 N–H and O–H groups in total. The summed E-state index contributed by atoms with van der Waals surface area (Å²) >= 11 is 1.32. The molecule has 0 bridgehead atoms. The standard InChI is InChI=1S/C25H20F2N4O4S/c26-16-5-6-17(18(27)12-16)22(32)29-30-23(33)19-13-36-24(28-19)14-7-9-31(10-8-14)25(34)21-11-15-3-1-2-4-20(15)35-21/h1-6,11-14H,7-10H2,(H,29,32)(H,30,33). The van der Waals surface area contributed by atoms with Gasteiger partial charge in [-0.1, -0.05) is 18.2 Å². The monoisotopic (exact) mass is 510 g/mol. The molecule has 5 rings (SSSR count). The Balaban J connectivity index is 1.15. The number of amides is 3. The van der Waals surface area contributed by atoms with Crippen molar-refractivity contribution in [3.63, 3.8) is 0 Å². The van der Waals surface area contributed by atoms with Gasteiger partial charge in [0.1, 0.15) is 22.9 Å². The highest BCUT2D eigenvalue weighted by Crippen LogP contribution is 2.31. The van der Waals surface area contributed by atoms with E-state index < -0.39 is 29.0 Å². The summed E-state index contributed by atoms with van der Waals surface area (Å²) < 4.78 is 32.4. The minimum absolute atomic E-state index is 0.0826. The van der Waals surface area contributed by atoms with Crippen molar-refractivity contribution in [1.82, 2.24) is 20.7 Å². The molecule has 3 heterocycles. The van der Waals surface area contributed by atoms with Crippen LogP contribution in [0.25, 0.3) is 11.0 Å². The number of halogens is 2. The van der Waals surface area contributed by atoms with Crippen molar-refractivity contribution in [1.29, 1.82) is 0 Å². The molecule has 0 unspecified atom stereocenters. The first-order valence-electron chi connectivity index (χ1n) is 11.2. The number of hydrogen-bond acceptors (Lipinski definition) is 6. The van der Waals surface area contributed by atoms with Gasteiger partial charge in [0.05, 0.1) is 10.6 Å². The van der Waals surface area contributed by atoms with Crippen LogP contribution in [0.5, 0.6) is 0 Å². The number of carbonyl (C=O) groups excluding carboxylic acids is 3. The third-order valence-electron chi connectivity index (χ3n) is 5.99. The van der Waals surface area contributed by atoms with Gasteiger partial charge in [-0.15, -0.1) is 11.3 Å². The fraction of sp³-hybridized carbons (Fsp3) is 0.200. The molecule has 1 aliphatic heterocycles. The number of aromatic nitrogens is 1. The predicted octanol–water partition coefficient (Wildman–Crippen LogP) is 4.26. The summed E-state index contributed by atoms with van der Waals surface area (Å²) in [4.78, 5) is 43.4. The SMILES string of the molecule is O=C(NNC(=O)c1ccc(F)cc1F)c1csc(C2CCN(C(=O)c3cc4ccccc4o3)CC2)n1. The fourth-order valence-electron chi connectivity index (χ4n) is 4.07. The van der Waals surface area contributed by atoms with Crippen molar-refractivity contribution in [2.45, 2.75) is 18.8 Å². The summed E-state index contributed by atoms with van der Waals surface area (Å²) in [7, 11) is 0. The Labute approximate surface area is 207 Å². The number of piperidine rings is 1. The summed E-state index contributed by atoms with van der Waals surface area (Å²) in [5.41, 5.74) is 4.66. The van der Waals surface area contributed by atoms with E-state index in [-0.39, 0.29) is 17.5 Å². The minimum atomic E-state index is -1.04. The zero-order chi connectivity index (χ0) is 25.2. The molecular formula is C25H20F2N4O4S. The predicted molar refractivity (Wildman–Crippen MR) is 127 cm³/mol. The number of thiazole rings is 1. The number of nitrogens with zero attached hydrogens (tertiary/aromatic N) is 2. The number of hydrazine groups is 1. The Morgan fingerprint density at radius 1 is 1.00 bits per heavy atom. The molecule has 1 fully saturated rings. The number of furan rings is 1. The van der Waals surface area contributed by atoms with E-state index in [1.54, 1.807) is 16.3 Å². The van der Waals surface area contributed by atoms with Gasteiger partial charge >= 0.3 is 0 Å². The summed E-state index contributed by atoms with van der Waals surface area (Å²) in [6.45, 7) is 1.06. The zero-order valence-electron chi connectivity index (χ0n) is 18.8. The lowest BCUT2D eigenvalue weighted by Crippen LogP contribution is -2.42. The molecule has 0 radical (unpaired) electrons. The van der Waals surface area contributed by atoms with Crippen molar-refractivity contribution < 1.29 is 27.6 Å². The van der Waals surface area contributed by atoms with Crippen LogP contribution in [-0.4, -0.2) is 40.7 Å². The second-order valence-corrected chi connectivity index (χ2v) is 9.21. The smallest absolute Gasteiger partial charge is 0.289 e. The molecule has 0 spiro atoms. The molecule has 3 amide bonds. The first-order valence-corrected chi connectivity index (χ1v) is 12.1. The van der Waals surface area contributed by atoms with Gasteiger partial charge in [0.15, 0.2) is 5.76 Å². The Morgan fingerprint density at radius 3 is 2.50 bits per heavy atom. The maximum absolute atomic E-state index is 13.7. The van der Waals surface area contributed by atoms with Gasteiger partial charge in [0, 0.05) is 35.8 Å². The van der Waals surface area contributed by atoms with Crippen molar-refractivity contribution in [2.75, 3.05) is 13.1 Å². The average Bonchev–Trinajstić information content (AvgIpc) is 3.54. The molecule has 1 aliphatic rings. The lowest BCUT2D eigenvalue weighted by atomic mass is 9.97. The van der Waals surface area contributed by atoms with E-state index in [4.69, 9.17) is 4.42 Å². The van der Waals surface area contributed by atoms with Crippen LogP contribution in [0.3, 0.4) is 0 Å². The largest absolute Gasteiger partial charge is 0.451 e. The topological polar surface area (TPSA) is 105 Å². The van der Waals surface area contributed by atoms with Crippen LogP contribution in [0.2, 0.25) is 0 Å². The normalized spacial score (nSPS) is 14.1. The highest BCUT2D eigenvalue weighted by Gasteiger charge is 2.28. The summed E-state index contributed by atoms with van der Waals surface area (Å²) in [6, 6.07) is 11.7. The minimum Gasteiger partial charge on any atom is -0.451 e. The van der Waals surface area contributed by atoms with Gasteiger partial charge in [0.25, 0.3) is 17.7 Å². The van der Waals surface area contributed by atoms with Crippen LogP contribution in [0.4, 0.5) is 8.78 Å². The first kappa shape index (κ1) is 23.6. The number of nitrogens with one attached hydrogen (secondary N) is 2. The molecular weight excluding hydrogens is 490 g/mol. The summed E-state index contributed by atoms with van der Waals surface area (Å²) in [6.07, 6.45) is 1.36. The lowest BCUT2D eigenvalue weighted by molar-refractivity contribution is 0.0683. The maximum Gasteiger partial charge on any atom is 0.289 e. The fourth-order valence-corrected chi connectivity index (χ4v) is 5.04. The molecule has 11 heteroatoms. The molecule has 0 atom stereocenters. The molecule has 0 saturated carbocycles.